The maximum atomic E-state index is 14.0. The number of carboxylic acid groups (broad SMARTS) is 1. The Bertz CT molecular complexity index is 1620. The standard InChI is InChI=1S/C45H68N2O7/c1-11-12-16-35(54-36(50)26-41(4,5)40(52)53)42(6,7)29-19-20-43(8)30(24-29)17-18-31-38-37(28(2)3)33(48)25-45(38,22-21-44(31,43)9)34(49)27-47(10)39(51)32-15-13-14-23-46-32/h13-15,23,28-31,34-35,49H,11-12,16-22,24-27H2,1-10H3,(H,52,53)/t29-,30-,31-,34+,35+,43-,44-,45+/m1/s1. The number of esters is 1. The molecule has 4 aliphatic rings. The number of allylic oxidation sites excluding steroid dienone is 1. The van der Waals surface area contributed by atoms with Crippen LogP contribution in [0.3, 0.4) is 0 Å². The highest BCUT2D eigenvalue weighted by atomic mass is 16.5. The minimum absolute atomic E-state index is 0.0210. The summed E-state index contributed by atoms with van der Waals surface area (Å²) in [5.74, 6) is -0.516. The Morgan fingerprint density at radius 1 is 1.04 bits per heavy atom. The Labute approximate surface area is 324 Å². The summed E-state index contributed by atoms with van der Waals surface area (Å²) in [6.45, 7) is 19.1. The van der Waals surface area contributed by atoms with E-state index in [0.29, 0.717) is 30.4 Å². The first-order valence-electron chi connectivity index (χ1n) is 20.7. The zero-order valence-electron chi connectivity index (χ0n) is 34.8. The molecule has 54 heavy (non-hydrogen) atoms. The second-order valence-electron chi connectivity index (χ2n) is 19.6. The van der Waals surface area contributed by atoms with Crippen molar-refractivity contribution in [3.63, 3.8) is 0 Å². The van der Waals surface area contributed by atoms with Crippen LogP contribution in [0.25, 0.3) is 0 Å². The zero-order chi connectivity index (χ0) is 40.0. The summed E-state index contributed by atoms with van der Waals surface area (Å²) in [5.41, 5.74) is 0.220. The number of ether oxygens (including phenoxy) is 1. The lowest BCUT2D eigenvalue weighted by Gasteiger charge is -2.67. The van der Waals surface area contributed by atoms with Crippen molar-refractivity contribution in [2.24, 2.45) is 50.7 Å². The lowest BCUT2D eigenvalue weighted by Crippen LogP contribution is -2.60. The average Bonchev–Trinajstić information content (AvgIpc) is 3.42. The predicted molar refractivity (Wildman–Crippen MR) is 209 cm³/mol. The molecule has 1 aromatic rings. The van der Waals surface area contributed by atoms with Crippen LogP contribution in [0.5, 0.6) is 0 Å². The van der Waals surface area contributed by atoms with Crippen LogP contribution in [0.2, 0.25) is 0 Å². The minimum atomic E-state index is -1.19. The number of hydrogen-bond acceptors (Lipinski definition) is 7. The number of fused-ring (bicyclic) bond motifs is 5. The molecule has 2 N–H and O–H groups in total. The van der Waals surface area contributed by atoms with Crippen LogP contribution >= 0.6 is 0 Å². The van der Waals surface area contributed by atoms with Crippen LogP contribution in [0.4, 0.5) is 0 Å². The number of nitrogens with zero attached hydrogens (tertiary/aromatic N) is 2. The molecule has 3 fully saturated rings. The molecule has 3 saturated carbocycles. The highest BCUT2D eigenvalue weighted by molar-refractivity contribution is 6.01. The molecular weight excluding hydrogens is 681 g/mol. The van der Waals surface area contributed by atoms with E-state index in [9.17, 15) is 29.4 Å². The van der Waals surface area contributed by atoms with Gasteiger partial charge < -0.3 is 19.8 Å². The predicted octanol–water partition coefficient (Wildman–Crippen LogP) is 8.69. The van der Waals surface area contributed by atoms with Gasteiger partial charge in [0.25, 0.3) is 5.91 Å². The van der Waals surface area contributed by atoms with Gasteiger partial charge in [0.1, 0.15) is 11.8 Å². The fourth-order valence-corrected chi connectivity index (χ4v) is 11.6. The molecule has 0 spiro atoms. The van der Waals surface area contributed by atoms with E-state index >= 15 is 0 Å². The average molecular weight is 749 g/mol. The number of ketones is 1. The van der Waals surface area contributed by atoms with Gasteiger partial charge in [0.05, 0.1) is 17.9 Å². The van der Waals surface area contributed by atoms with Crippen LogP contribution in [0.1, 0.15) is 150 Å². The Hall–Kier alpha value is -3.07. The van der Waals surface area contributed by atoms with Gasteiger partial charge in [0.2, 0.25) is 0 Å². The summed E-state index contributed by atoms with van der Waals surface area (Å²) in [7, 11) is 1.71. The highest BCUT2D eigenvalue weighted by Gasteiger charge is 2.66. The third kappa shape index (κ3) is 7.32. The number of rotatable bonds is 14. The van der Waals surface area contributed by atoms with Gasteiger partial charge in [-0.3, -0.25) is 24.2 Å². The highest BCUT2D eigenvalue weighted by Crippen LogP contribution is 2.73. The van der Waals surface area contributed by atoms with Gasteiger partial charge >= 0.3 is 11.9 Å². The first-order valence-corrected chi connectivity index (χ1v) is 20.7. The number of carbonyl (C=O) groups is 4. The smallest absolute Gasteiger partial charge is 0.309 e. The van der Waals surface area contributed by atoms with E-state index in [-0.39, 0.29) is 58.8 Å². The molecule has 1 aromatic heterocycles. The van der Waals surface area contributed by atoms with Gasteiger partial charge in [0, 0.05) is 37.0 Å². The van der Waals surface area contributed by atoms with Crippen molar-refractivity contribution in [1.82, 2.24) is 9.88 Å². The van der Waals surface area contributed by atoms with Gasteiger partial charge in [-0.25, -0.2) is 0 Å². The van der Waals surface area contributed by atoms with Gasteiger partial charge in [-0.2, -0.15) is 0 Å². The third-order valence-corrected chi connectivity index (χ3v) is 15.4. The Kier molecular flexibility index (Phi) is 12.0. The number of aromatic nitrogens is 1. The number of aliphatic carboxylic acids is 1. The molecule has 300 valence electrons. The lowest BCUT2D eigenvalue weighted by atomic mass is 9.38. The second-order valence-corrected chi connectivity index (χ2v) is 19.6. The molecule has 0 aromatic carbocycles. The van der Waals surface area contributed by atoms with Crippen molar-refractivity contribution in [1.29, 1.82) is 0 Å². The topological polar surface area (TPSA) is 134 Å². The van der Waals surface area contributed by atoms with Crippen LogP contribution < -0.4 is 0 Å². The van der Waals surface area contributed by atoms with E-state index in [1.165, 1.54) is 5.57 Å². The molecule has 0 unspecified atom stereocenters. The Morgan fingerprint density at radius 2 is 1.74 bits per heavy atom. The summed E-state index contributed by atoms with van der Waals surface area (Å²) in [4.78, 5) is 58.1. The molecule has 1 amide bonds. The fraction of sp³-hybridized carbons (Fsp3) is 0.756. The number of aliphatic hydroxyl groups is 1. The van der Waals surface area contributed by atoms with Crippen molar-refractivity contribution in [3.05, 3.63) is 41.2 Å². The van der Waals surface area contributed by atoms with Crippen LogP contribution in [0, 0.1) is 50.7 Å². The second kappa shape index (κ2) is 15.5. The first kappa shape index (κ1) is 42.1. The summed E-state index contributed by atoms with van der Waals surface area (Å²) in [6, 6.07) is 5.25. The van der Waals surface area contributed by atoms with Gasteiger partial charge in [-0.05, 0) is 117 Å². The molecule has 0 saturated heterocycles. The van der Waals surface area contributed by atoms with Crippen molar-refractivity contribution < 1.29 is 34.1 Å². The third-order valence-electron chi connectivity index (χ3n) is 15.4. The number of aliphatic hydroxyl groups excluding tert-OH is 1. The van der Waals surface area contributed by atoms with E-state index in [2.05, 4.69) is 53.5 Å². The molecular formula is C45H68N2O7. The molecule has 8 atom stereocenters. The maximum absolute atomic E-state index is 14.0. The Morgan fingerprint density at radius 3 is 2.35 bits per heavy atom. The van der Waals surface area contributed by atoms with Crippen LogP contribution in [0.15, 0.2) is 35.5 Å². The Balaban J connectivity index is 1.40. The van der Waals surface area contributed by atoms with Crippen molar-refractivity contribution >= 4 is 23.6 Å². The largest absolute Gasteiger partial charge is 0.481 e. The molecule has 0 aliphatic heterocycles. The maximum Gasteiger partial charge on any atom is 0.309 e. The van der Waals surface area contributed by atoms with E-state index in [1.54, 1.807) is 50.2 Å². The van der Waals surface area contributed by atoms with E-state index in [1.807, 2.05) is 0 Å². The number of carbonyl (C=O) groups excluding carboxylic acids is 3. The zero-order valence-corrected chi connectivity index (χ0v) is 34.8. The summed E-state index contributed by atoms with van der Waals surface area (Å²) < 4.78 is 6.22. The molecule has 1 heterocycles. The number of unbranched alkanes of at least 4 members (excludes halogenated alkanes) is 1. The van der Waals surface area contributed by atoms with Gasteiger partial charge in [-0.1, -0.05) is 72.9 Å². The summed E-state index contributed by atoms with van der Waals surface area (Å²) >= 11 is 0. The first-order chi connectivity index (χ1) is 25.2. The molecule has 0 radical (unpaired) electrons. The number of hydrogen-bond donors (Lipinski definition) is 2. The molecule has 0 bridgehead atoms. The van der Waals surface area contributed by atoms with E-state index in [4.69, 9.17) is 4.74 Å². The molecule has 9 nitrogen and oxygen atoms in total. The number of amides is 1. The number of pyridine rings is 1. The fourth-order valence-electron chi connectivity index (χ4n) is 11.6. The minimum Gasteiger partial charge on any atom is -0.481 e. The van der Waals surface area contributed by atoms with Crippen molar-refractivity contribution in [2.45, 2.75) is 152 Å². The van der Waals surface area contributed by atoms with Crippen LogP contribution in [-0.4, -0.2) is 69.5 Å². The summed E-state index contributed by atoms with van der Waals surface area (Å²) in [5, 5.41) is 21.9. The normalized spacial score (nSPS) is 31.0. The monoisotopic (exact) mass is 749 g/mol. The number of Topliss-reactive ketones (excluding diaryl/α,β-unsaturated/α-hetero) is 1. The lowest BCUT2D eigenvalue weighted by molar-refractivity contribution is -0.174. The SMILES string of the molecule is CCCC[C@H](OC(=O)CC(C)(C)C(=O)O)C(C)(C)[C@@H]1CC[C@]2(C)[C@H](CC[C@@H]3C4=C(C(C)C)C(=O)C[C@]4([C@@H](O)CN(C)C(=O)c4ccccn4)CC[C@]32C)C1. The van der Waals surface area contributed by atoms with Crippen molar-refractivity contribution in [2.75, 3.05) is 13.6 Å². The summed E-state index contributed by atoms with van der Waals surface area (Å²) in [6.07, 6.45) is 9.94. The number of carboxylic acids is 1. The van der Waals surface area contributed by atoms with Gasteiger partial charge in [-0.15, -0.1) is 0 Å². The van der Waals surface area contributed by atoms with Crippen molar-refractivity contribution in [3.8, 4) is 0 Å². The number of likely N-dealkylation sites (N-methyl/N-ethyl adjacent to an activating group) is 1. The quantitative estimate of drug-likeness (QED) is 0.181. The van der Waals surface area contributed by atoms with E-state index in [0.717, 1.165) is 63.4 Å². The molecule has 4 aliphatic carbocycles. The van der Waals surface area contributed by atoms with E-state index < -0.39 is 28.9 Å². The molecule has 9 heteroatoms. The van der Waals surface area contributed by atoms with Gasteiger partial charge in [0.15, 0.2) is 5.78 Å². The van der Waals surface area contributed by atoms with Crippen LogP contribution in [-0.2, 0) is 19.1 Å². The molecule has 5 rings (SSSR count).